The number of amides is 1. The summed E-state index contributed by atoms with van der Waals surface area (Å²) in [7, 11) is -3.44. The molecular weight excluding hydrogens is 706 g/mol. The first-order chi connectivity index (χ1) is 24.3. The van der Waals surface area contributed by atoms with Gasteiger partial charge in [-0.15, -0.1) is 29.5 Å². The lowest BCUT2D eigenvalue weighted by Crippen LogP contribution is -2.51. The largest absolute Gasteiger partial charge is 0.573 e. The molecule has 270 valence electrons. The Morgan fingerprint density at radius 1 is 1.06 bits per heavy atom. The highest BCUT2D eigenvalue weighted by atomic mass is 32.2. The summed E-state index contributed by atoms with van der Waals surface area (Å²) in [5, 5.41) is 20.4. The van der Waals surface area contributed by atoms with Crippen molar-refractivity contribution in [3.63, 3.8) is 0 Å². The van der Waals surface area contributed by atoms with E-state index in [0.717, 1.165) is 16.7 Å². The fourth-order valence-electron chi connectivity index (χ4n) is 6.61. The molecule has 0 aliphatic carbocycles. The van der Waals surface area contributed by atoms with Crippen LogP contribution < -0.4 is 15.4 Å². The van der Waals surface area contributed by atoms with Crippen LogP contribution in [-0.2, 0) is 27.6 Å². The summed E-state index contributed by atoms with van der Waals surface area (Å²) in [5.74, 6) is -1.44. The van der Waals surface area contributed by atoms with Gasteiger partial charge in [-0.3, -0.25) is 15.0 Å². The highest BCUT2D eigenvalue weighted by Gasteiger charge is 2.48. The van der Waals surface area contributed by atoms with E-state index in [1.54, 1.807) is 30.3 Å². The van der Waals surface area contributed by atoms with Crippen molar-refractivity contribution < 1.29 is 41.0 Å². The summed E-state index contributed by atoms with van der Waals surface area (Å²) in [6.45, 7) is 0.154. The van der Waals surface area contributed by atoms with Crippen LogP contribution in [0.3, 0.4) is 0 Å². The summed E-state index contributed by atoms with van der Waals surface area (Å²) in [5.41, 5.74) is 2.14. The van der Waals surface area contributed by atoms with Gasteiger partial charge in [0.1, 0.15) is 5.75 Å². The number of alkyl halides is 3. The molecule has 0 saturated carbocycles. The highest BCUT2D eigenvalue weighted by molar-refractivity contribution is 7.90. The van der Waals surface area contributed by atoms with Crippen molar-refractivity contribution in [2.45, 2.75) is 56.0 Å². The van der Waals surface area contributed by atoms with E-state index in [4.69, 9.17) is 0 Å². The molecule has 1 fully saturated rings. The number of halogens is 3. The number of likely N-dealkylation sites (tertiary alicyclic amines) is 1. The molecule has 15 heteroatoms. The molecular formula is C36H37F3N4O6S2. The number of isocyanates is 1. The maximum absolute atomic E-state index is 13.1. The van der Waals surface area contributed by atoms with E-state index in [0.29, 0.717) is 24.0 Å². The molecule has 51 heavy (non-hydrogen) atoms. The van der Waals surface area contributed by atoms with Gasteiger partial charge in [0.05, 0.1) is 18.0 Å². The Labute approximate surface area is 297 Å². The van der Waals surface area contributed by atoms with Crippen molar-refractivity contribution in [1.29, 1.82) is 0 Å². The summed E-state index contributed by atoms with van der Waals surface area (Å²) >= 11 is 1.48. The number of carbonyl (C=O) groups is 1. The van der Waals surface area contributed by atoms with Gasteiger partial charge in [-0.2, -0.15) is 0 Å². The van der Waals surface area contributed by atoms with Gasteiger partial charge < -0.3 is 15.2 Å². The molecule has 1 aliphatic rings. The zero-order valence-corrected chi connectivity index (χ0v) is 29.1. The minimum atomic E-state index is -4.84. The first-order valence-corrected chi connectivity index (χ1v) is 19.0. The maximum Gasteiger partial charge on any atom is 0.573 e. The van der Waals surface area contributed by atoms with Crippen LogP contribution in [0.4, 0.5) is 13.2 Å². The number of benzene rings is 3. The second-order valence-corrected chi connectivity index (χ2v) is 15.4. The average Bonchev–Trinajstić information content (AvgIpc) is 3.74. The monoisotopic (exact) mass is 742 g/mol. The van der Waals surface area contributed by atoms with Crippen LogP contribution in [0.15, 0.2) is 101 Å². The van der Waals surface area contributed by atoms with E-state index < -0.39 is 52.4 Å². The molecule has 2 heterocycles. The molecule has 0 radical (unpaired) electrons. The fraction of sp³-hybridized carbons (Fsp3) is 0.333. The number of ether oxygens (including phenoxy) is 1. The van der Waals surface area contributed by atoms with Gasteiger partial charge in [0.25, 0.3) is 5.91 Å². The Morgan fingerprint density at radius 2 is 1.78 bits per heavy atom. The van der Waals surface area contributed by atoms with E-state index in [1.165, 1.54) is 35.6 Å². The van der Waals surface area contributed by atoms with Crippen LogP contribution in [0.2, 0.25) is 0 Å². The SMILES string of the molecule is CS(=O)(=O)CNC1CC(c2ccccc2C(=O)N=C=O)N([C@@H](Cc2ccccc2)[C@H](O)CNCc2cccc(OC(F)(F)F)c2)C1c1cccs1. The highest BCUT2D eigenvalue weighted by Crippen LogP contribution is 2.48. The summed E-state index contributed by atoms with van der Waals surface area (Å²) < 4.78 is 67.3. The smallest absolute Gasteiger partial charge is 0.406 e. The molecule has 1 aromatic heterocycles. The number of aliphatic imine (C=N–C) groups is 1. The number of nitrogens with zero attached hydrogens (tertiary/aromatic N) is 2. The molecule has 1 saturated heterocycles. The maximum atomic E-state index is 13.1. The van der Waals surface area contributed by atoms with Crippen molar-refractivity contribution in [3.8, 4) is 5.75 Å². The Bertz CT molecular complexity index is 1920. The Balaban J connectivity index is 1.55. The number of carbonyl (C=O) groups excluding carboxylic acids is 2. The first-order valence-electron chi connectivity index (χ1n) is 16.0. The number of sulfone groups is 1. The zero-order chi connectivity index (χ0) is 36.6. The topological polar surface area (TPSA) is 137 Å². The van der Waals surface area contributed by atoms with Crippen LogP contribution in [0.25, 0.3) is 0 Å². The first kappa shape index (κ1) is 38.0. The van der Waals surface area contributed by atoms with Crippen molar-refractivity contribution in [2.24, 2.45) is 4.99 Å². The van der Waals surface area contributed by atoms with Gasteiger partial charge in [-0.1, -0.05) is 66.7 Å². The van der Waals surface area contributed by atoms with Crippen molar-refractivity contribution >= 4 is 33.2 Å². The summed E-state index contributed by atoms with van der Waals surface area (Å²) in [4.78, 5) is 30.6. The Morgan fingerprint density at radius 3 is 2.47 bits per heavy atom. The molecule has 10 nitrogen and oxygen atoms in total. The van der Waals surface area contributed by atoms with E-state index >= 15 is 0 Å². The van der Waals surface area contributed by atoms with Gasteiger partial charge in [0.2, 0.25) is 6.08 Å². The van der Waals surface area contributed by atoms with E-state index in [1.807, 2.05) is 47.8 Å². The van der Waals surface area contributed by atoms with Gasteiger partial charge in [0.15, 0.2) is 9.84 Å². The molecule has 4 aromatic rings. The van der Waals surface area contributed by atoms with Crippen molar-refractivity contribution in [1.82, 2.24) is 15.5 Å². The van der Waals surface area contributed by atoms with Crippen LogP contribution in [0.1, 0.15) is 50.4 Å². The molecule has 5 atom stereocenters. The number of rotatable bonds is 15. The third-order valence-electron chi connectivity index (χ3n) is 8.61. The molecule has 1 amide bonds. The van der Waals surface area contributed by atoms with Gasteiger partial charge >= 0.3 is 6.36 Å². The van der Waals surface area contributed by atoms with E-state index in [2.05, 4.69) is 25.3 Å². The molecule has 3 aromatic carbocycles. The third-order valence-corrected chi connectivity index (χ3v) is 10.2. The third kappa shape index (κ3) is 10.4. The lowest BCUT2D eigenvalue weighted by molar-refractivity contribution is -0.274. The zero-order valence-electron chi connectivity index (χ0n) is 27.5. The average molecular weight is 743 g/mol. The molecule has 0 bridgehead atoms. The van der Waals surface area contributed by atoms with Crippen LogP contribution in [-0.4, -0.2) is 73.6 Å². The number of hydrogen-bond donors (Lipinski definition) is 3. The van der Waals surface area contributed by atoms with Crippen LogP contribution in [0.5, 0.6) is 5.75 Å². The van der Waals surface area contributed by atoms with E-state index in [-0.39, 0.29) is 30.3 Å². The van der Waals surface area contributed by atoms with Crippen LogP contribution in [0, 0.1) is 0 Å². The summed E-state index contributed by atoms with van der Waals surface area (Å²) in [6.07, 6.45) is -2.78. The lowest BCUT2D eigenvalue weighted by atomic mass is 9.93. The molecule has 3 unspecified atom stereocenters. The van der Waals surface area contributed by atoms with Gasteiger partial charge in [0, 0.05) is 47.9 Å². The summed E-state index contributed by atoms with van der Waals surface area (Å²) in [6, 6.07) is 23.5. The fourth-order valence-corrected chi connectivity index (χ4v) is 8.02. The molecule has 5 rings (SSSR count). The normalized spacial score (nSPS) is 19.3. The van der Waals surface area contributed by atoms with Crippen molar-refractivity contribution in [2.75, 3.05) is 18.7 Å². The predicted octanol–water partition coefficient (Wildman–Crippen LogP) is 5.33. The Kier molecular flexibility index (Phi) is 12.6. The van der Waals surface area contributed by atoms with Crippen molar-refractivity contribution in [3.05, 3.63) is 124 Å². The number of thiophene rings is 1. The molecule has 3 N–H and O–H groups in total. The number of nitrogens with one attached hydrogen (secondary N) is 2. The van der Waals surface area contributed by atoms with Crippen LogP contribution >= 0.6 is 11.3 Å². The Hall–Kier alpha value is -4.21. The van der Waals surface area contributed by atoms with Gasteiger partial charge in [-0.05, 0) is 59.2 Å². The van der Waals surface area contributed by atoms with E-state index in [9.17, 15) is 36.3 Å². The molecule has 1 aliphatic heterocycles. The van der Waals surface area contributed by atoms with Gasteiger partial charge in [-0.25, -0.2) is 13.2 Å². The standard InChI is InChI=1S/C36H37F3N4O6S2/c1-51(47,48)23-42-29-19-30(27-13-5-6-14-28(27)35(46)41-22-44)43(34(29)33-15-8-16-50-33)31(18-24-9-3-2-4-10-24)32(45)21-40-20-25-11-7-12-26(17-25)49-36(37,38)39/h2-17,29-32,34,40,42,45H,18-21,23H2,1H3/t29?,30?,31-,32+,34?/m0/s1. The number of aliphatic hydroxyl groups is 1. The minimum absolute atomic E-state index is 0.0275. The number of aliphatic hydroxyl groups excluding tert-OH is 1. The second kappa shape index (κ2) is 16.9. The quantitative estimate of drug-likeness (QED) is 0.109. The number of hydrogen-bond acceptors (Lipinski definition) is 10. The second-order valence-electron chi connectivity index (χ2n) is 12.3. The lowest BCUT2D eigenvalue weighted by Gasteiger charge is -2.41. The predicted molar refractivity (Wildman–Crippen MR) is 187 cm³/mol. The molecule has 0 spiro atoms. The minimum Gasteiger partial charge on any atom is -0.406 e.